The van der Waals surface area contributed by atoms with E-state index in [-0.39, 0.29) is 5.92 Å². The molecule has 0 saturated carbocycles. The Kier molecular flexibility index (Phi) is 5.12. The fourth-order valence-corrected chi connectivity index (χ4v) is 2.94. The number of rotatable bonds is 6. The summed E-state index contributed by atoms with van der Waals surface area (Å²) >= 11 is 0. The van der Waals surface area contributed by atoms with Gasteiger partial charge >= 0.3 is 6.09 Å². The van der Waals surface area contributed by atoms with Crippen LogP contribution in [0.25, 0.3) is 0 Å². The fourth-order valence-electron chi connectivity index (χ4n) is 2.94. The molecule has 5 nitrogen and oxygen atoms in total. The van der Waals surface area contributed by atoms with Crippen molar-refractivity contribution >= 4 is 6.09 Å². The maximum atomic E-state index is 10.9. The number of aryl methyl sites for hydroxylation is 1. The molecule has 0 atom stereocenters. The minimum Gasteiger partial charge on any atom is -0.493 e. The SMILES string of the molecule is CCc1ccc(COc2ccc(C3CN(C(=O)O)C3)cc2OC)cc1. The van der Waals surface area contributed by atoms with Crippen LogP contribution in [-0.2, 0) is 13.0 Å². The third kappa shape index (κ3) is 3.87. The van der Waals surface area contributed by atoms with Gasteiger partial charge in [-0.15, -0.1) is 0 Å². The van der Waals surface area contributed by atoms with Crippen LogP contribution in [-0.4, -0.2) is 36.3 Å². The minimum atomic E-state index is -0.864. The summed E-state index contributed by atoms with van der Waals surface area (Å²) in [6, 6.07) is 14.2. The van der Waals surface area contributed by atoms with Gasteiger partial charge in [-0.1, -0.05) is 37.3 Å². The molecule has 1 aliphatic heterocycles. The Morgan fingerprint density at radius 3 is 2.40 bits per heavy atom. The zero-order valence-corrected chi connectivity index (χ0v) is 14.6. The monoisotopic (exact) mass is 341 g/mol. The molecule has 1 heterocycles. The lowest BCUT2D eigenvalue weighted by Crippen LogP contribution is -2.47. The van der Waals surface area contributed by atoms with Crippen LogP contribution in [0.5, 0.6) is 11.5 Å². The molecule has 0 bridgehead atoms. The van der Waals surface area contributed by atoms with Crippen LogP contribution in [0, 0.1) is 0 Å². The first-order valence-electron chi connectivity index (χ1n) is 8.47. The first-order chi connectivity index (χ1) is 12.1. The highest BCUT2D eigenvalue weighted by atomic mass is 16.5. The van der Waals surface area contributed by atoms with Crippen molar-refractivity contribution in [1.29, 1.82) is 0 Å². The molecule has 1 N–H and O–H groups in total. The third-order valence-electron chi connectivity index (χ3n) is 4.64. The van der Waals surface area contributed by atoms with E-state index in [9.17, 15) is 4.79 Å². The summed E-state index contributed by atoms with van der Waals surface area (Å²) in [5.74, 6) is 1.59. The van der Waals surface area contributed by atoms with Gasteiger partial charge in [-0.2, -0.15) is 0 Å². The quantitative estimate of drug-likeness (QED) is 0.865. The van der Waals surface area contributed by atoms with Gasteiger partial charge in [0.15, 0.2) is 11.5 Å². The normalized spacial score (nSPS) is 14.1. The van der Waals surface area contributed by atoms with Gasteiger partial charge in [-0.25, -0.2) is 4.79 Å². The molecule has 25 heavy (non-hydrogen) atoms. The van der Waals surface area contributed by atoms with Gasteiger partial charge in [0.25, 0.3) is 0 Å². The van der Waals surface area contributed by atoms with E-state index in [0.29, 0.717) is 31.2 Å². The average Bonchev–Trinajstić information content (AvgIpc) is 2.59. The second-order valence-electron chi connectivity index (χ2n) is 6.25. The molecule has 1 fully saturated rings. The predicted molar refractivity (Wildman–Crippen MR) is 95.5 cm³/mol. The summed E-state index contributed by atoms with van der Waals surface area (Å²) in [7, 11) is 1.62. The zero-order valence-electron chi connectivity index (χ0n) is 14.6. The number of carboxylic acid groups (broad SMARTS) is 1. The van der Waals surface area contributed by atoms with Crippen molar-refractivity contribution in [2.45, 2.75) is 25.9 Å². The Morgan fingerprint density at radius 2 is 1.80 bits per heavy atom. The van der Waals surface area contributed by atoms with E-state index in [4.69, 9.17) is 14.6 Å². The molecule has 0 radical (unpaired) electrons. The van der Waals surface area contributed by atoms with Crippen LogP contribution < -0.4 is 9.47 Å². The Labute approximate surface area is 147 Å². The number of amides is 1. The van der Waals surface area contributed by atoms with Gasteiger partial charge in [0.05, 0.1) is 7.11 Å². The van der Waals surface area contributed by atoms with E-state index in [1.165, 1.54) is 10.5 Å². The maximum absolute atomic E-state index is 10.9. The van der Waals surface area contributed by atoms with Crippen molar-refractivity contribution in [3.05, 3.63) is 59.2 Å². The molecule has 1 saturated heterocycles. The van der Waals surface area contributed by atoms with Crippen molar-refractivity contribution < 1.29 is 19.4 Å². The fraction of sp³-hybridized carbons (Fsp3) is 0.350. The Balaban J connectivity index is 1.64. The summed E-state index contributed by atoms with van der Waals surface area (Å²) in [6.45, 7) is 3.68. The molecule has 0 unspecified atom stereocenters. The van der Waals surface area contributed by atoms with Crippen molar-refractivity contribution in [2.24, 2.45) is 0 Å². The Morgan fingerprint density at radius 1 is 1.12 bits per heavy atom. The smallest absolute Gasteiger partial charge is 0.407 e. The standard InChI is InChI=1S/C20H23NO4/c1-3-14-4-6-15(7-5-14)13-25-18-9-8-16(10-19(18)24-2)17-11-21(12-17)20(22)23/h4-10,17H,3,11-13H2,1-2H3,(H,22,23). The van der Waals surface area contributed by atoms with Gasteiger partial charge < -0.3 is 19.5 Å². The van der Waals surface area contributed by atoms with Gasteiger partial charge in [0.1, 0.15) is 6.61 Å². The number of benzene rings is 2. The molecular weight excluding hydrogens is 318 g/mol. The number of nitrogens with zero attached hydrogens (tertiary/aromatic N) is 1. The van der Waals surface area contributed by atoms with Crippen molar-refractivity contribution in [3.8, 4) is 11.5 Å². The average molecular weight is 341 g/mol. The first kappa shape index (κ1) is 17.1. The molecule has 2 aromatic carbocycles. The molecule has 1 amide bonds. The zero-order chi connectivity index (χ0) is 17.8. The minimum absolute atomic E-state index is 0.223. The first-order valence-corrected chi connectivity index (χ1v) is 8.47. The van der Waals surface area contributed by atoms with Gasteiger partial charge in [0, 0.05) is 19.0 Å². The van der Waals surface area contributed by atoms with Crippen LogP contribution in [0.15, 0.2) is 42.5 Å². The van der Waals surface area contributed by atoms with Crippen molar-refractivity contribution in [3.63, 3.8) is 0 Å². The lowest BCUT2D eigenvalue weighted by molar-refractivity contribution is 0.105. The number of hydrogen-bond acceptors (Lipinski definition) is 3. The lowest BCUT2D eigenvalue weighted by atomic mass is 9.91. The Hall–Kier alpha value is -2.69. The van der Waals surface area contributed by atoms with Gasteiger partial charge in [-0.3, -0.25) is 0 Å². The molecule has 3 rings (SSSR count). The van der Waals surface area contributed by atoms with E-state index in [0.717, 1.165) is 17.5 Å². The van der Waals surface area contributed by atoms with Gasteiger partial charge in [0.2, 0.25) is 0 Å². The molecule has 0 aliphatic carbocycles. The summed E-state index contributed by atoms with van der Waals surface area (Å²) in [6.07, 6.45) is 0.161. The molecule has 5 heteroatoms. The predicted octanol–water partition coefficient (Wildman–Crippen LogP) is 3.91. The number of ether oxygens (including phenoxy) is 2. The number of likely N-dealkylation sites (tertiary alicyclic amines) is 1. The number of methoxy groups -OCH3 is 1. The summed E-state index contributed by atoms with van der Waals surface area (Å²) in [4.78, 5) is 12.3. The molecule has 0 spiro atoms. The van der Waals surface area contributed by atoms with Crippen LogP contribution >= 0.6 is 0 Å². The highest BCUT2D eigenvalue weighted by Gasteiger charge is 2.31. The third-order valence-corrected chi connectivity index (χ3v) is 4.64. The van der Waals surface area contributed by atoms with Crippen LogP contribution in [0.3, 0.4) is 0 Å². The van der Waals surface area contributed by atoms with E-state index in [1.807, 2.05) is 18.2 Å². The highest BCUT2D eigenvalue weighted by molar-refractivity contribution is 5.66. The summed E-state index contributed by atoms with van der Waals surface area (Å²) in [5, 5.41) is 8.94. The topological polar surface area (TPSA) is 59.0 Å². The summed E-state index contributed by atoms with van der Waals surface area (Å²) in [5.41, 5.74) is 3.50. The van der Waals surface area contributed by atoms with E-state index < -0.39 is 6.09 Å². The lowest BCUT2D eigenvalue weighted by Gasteiger charge is -2.37. The molecule has 0 aromatic heterocycles. The second kappa shape index (κ2) is 7.47. The van der Waals surface area contributed by atoms with Crippen molar-refractivity contribution in [1.82, 2.24) is 4.90 Å². The van der Waals surface area contributed by atoms with Crippen LogP contribution in [0.2, 0.25) is 0 Å². The van der Waals surface area contributed by atoms with Crippen LogP contribution in [0.1, 0.15) is 29.5 Å². The molecular formula is C20H23NO4. The van der Waals surface area contributed by atoms with E-state index >= 15 is 0 Å². The maximum Gasteiger partial charge on any atom is 0.407 e. The number of carbonyl (C=O) groups is 1. The van der Waals surface area contributed by atoms with Crippen LogP contribution in [0.4, 0.5) is 4.79 Å². The largest absolute Gasteiger partial charge is 0.493 e. The Bertz CT molecular complexity index is 736. The van der Waals surface area contributed by atoms with Crippen molar-refractivity contribution in [2.75, 3.05) is 20.2 Å². The highest BCUT2D eigenvalue weighted by Crippen LogP contribution is 2.34. The molecule has 1 aliphatic rings. The number of hydrogen-bond donors (Lipinski definition) is 1. The second-order valence-corrected chi connectivity index (χ2v) is 6.25. The molecule has 132 valence electrons. The van der Waals surface area contributed by atoms with E-state index in [1.54, 1.807) is 7.11 Å². The van der Waals surface area contributed by atoms with Gasteiger partial charge in [-0.05, 0) is 35.2 Å². The van der Waals surface area contributed by atoms with E-state index in [2.05, 4.69) is 31.2 Å². The molecule has 2 aromatic rings. The summed E-state index contributed by atoms with van der Waals surface area (Å²) < 4.78 is 11.4.